The summed E-state index contributed by atoms with van der Waals surface area (Å²) < 4.78 is 0. The summed E-state index contributed by atoms with van der Waals surface area (Å²) in [7, 11) is 0. The lowest BCUT2D eigenvalue weighted by atomic mass is 9.52. The molecule has 0 aliphatic heterocycles. The van der Waals surface area contributed by atoms with E-state index in [0.717, 1.165) is 32.1 Å². The van der Waals surface area contributed by atoms with Crippen LogP contribution in [0.25, 0.3) is 0 Å². The van der Waals surface area contributed by atoms with E-state index in [1.54, 1.807) is 0 Å². The van der Waals surface area contributed by atoms with Crippen LogP contribution >= 0.6 is 0 Å². The second kappa shape index (κ2) is 6.06. The monoisotopic (exact) mass is 302 g/mol. The van der Waals surface area contributed by atoms with Crippen molar-refractivity contribution in [1.29, 1.82) is 0 Å². The minimum absolute atomic E-state index is 0.0246. The molecule has 0 radical (unpaired) electrons. The summed E-state index contributed by atoms with van der Waals surface area (Å²) >= 11 is 0. The number of carboxylic acid groups (broad SMARTS) is 1. The molecular weight excluding hydrogens is 272 g/mol. The number of carbonyl (C=O) groups is 1. The molecule has 2 aliphatic carbocycles. The zero-order valence-electron chi connectivity index (χ0n) is 14.3. The standard InChI is InChI=1S/C20H30O2/c1-6-19(4)11-9-17-15(13-19)7-8-16(14(2)3)20(17,5)12-10-18(21)22/h6-7,16-17H,1-2,8-13H2,3-5H3,(H,21,22)/t16?,17-,19-,20?/m0/s1. The highest BCUT2D eigenvalue weighted by molar-refractivity contribution is 5.66. The zero-order valence-corrected chi connectivity index (χ0v) is 14.3. The van der Waals surface area contributed by atoms with Crippen molar-refractivity contribution in [2.75, 3.05) is 0 Å². The van der Waals surface area contributed by atoms with Crippen LogP contribution in [-0.2, 0) is 4.79 Å². The summed E-state index contributed by atoms with van der Waals surface area (Å²) in [5, 5.41) is 9.15. The summed E-state index contributed by atoms with van der Waals surface area (Å²) in [4.78, 5) is 11.1. The van der Waals surface area contributed by atoms with Gasteiger partial charge >= 0.3 is 5.97 Å². The van der Waals surface area contributed by atoms with Gasteiger partial charge < -0.3 is 5.11 Å². The van der Waals surface area contributed by atoms with Gasteiger partial charge in [0.25, 0.3) is 0 Å². The lowest BCUT2D eigenvalue weighted by Crippen LogP contribution is -2.43. The number of aliphatic carboxylic acids is 1. The van der Waals surface area contributed by atoms with Crippen LogP contribution in [0.5, 0.6) is 0 Å². The van der Waals surface area contributed by atoms with E-state index < -0.39 is 5.97 Å². The van der Waals surface area contributed by atoms with Crippen molar-refractivity contribution < 1.29 is 9.90 Å². The van der Waals surface area contributed by atoms with Gasteiger partial charge in [-0.25, -0.2) is 0 Å². The first-order valence-corrected chi connectivity index (χ1v) is 8.41. The van der Waals surface area contributed by atoms with Crippen molar-refractivity contribution in [2.45, 2.75) is 59.3 Å². The molecule has 1 fully saturated rings. The van der Waals surface area contributed by atoms with Crippen LogP contribution in [0.1, 0.15) is 59.3 Å². The molecule has 0 spiro atoms. The average molecular weight is 302 g/mol. The van der Waals surface area contributed by atoms with Gasteiger partial charge in [0.15, 0.2) is 0 Å². The predicted octanol–water partition coefficient (Wildman–Crippen LogP) is 5.37. The van der Waals surface area contributed by atoms with Crippen molar-refractivity contribution in [3.8, 4) is 0 Å². The summed E-state index contributed by atoms with van der Waals surface area (Å²) in [6.45, 7) is 14.9. The van der Waals surface area contributed by atoms with Crippen molar-refractivity contribution in [1.82, 2.24) is 0 Å². The lowest BCUT2D eigenvalue weighted by Gasteiger charge is -2.52. The molecule has 2 unspecified atom stereocenters. The zero-order chi connectivity index (χ0) is 16.5. The smallest absolute Gasteiger partial charge is 0.303 e. The number of hydrogen-bond acceptors (Lipinski definition) is 1. The molecule has 22 heavy (non-hydrogen) atoms. The lowest BCUT2D eigenvalue weighted by molar-refractivity contribution is -0.138. The summed E-state index contributed by atoms with van der Waals surface area (Å²) in [5.41, 5.74) is 2.95. The maximum Gasteiger partial charge on any atom is 0.303 e. The molecule has 1 saturated carbocycles. The first-order chi connectivity index (χ1) is 10.2. The van der Waals surface area contributed by atoms with Crippen LogP contribution < -0.4 is 0 Å². The molecule has 0 amide bonds. The van der Waals surface area contributed by atoms with Gasteiger partial charge in [-0.3, -0.25) is 4.79 Å². The molecule has 0 heterocycles. The molecule has 2 heteroatoms. The van der Waals surface area contributed by atoms with E-state index >= 15 is 0 Å². The van der Waals surface area contributed by atoms with Gasteiger partial charge in [0, 0.05) is 6.42 Å². The number of carboxylic acids is 1. The van der Waals surface area contributed by atoms with E-state index in [2.05, 4.69) is 46.1 Å². The van der Waals surface area contributed by atoms with Crippen LogP contribution in [0, 0.1) is 22.7 Å². The molecule has 1 N–H and O–H groups in total. The first kappa shape index (κ1) is 17.1. The Morgan fingerprint density at radius 2 is 2.18 bits per heavy atom. The van der Waals surface area contributed by atoms with E-state index in [-0.39, 0.29) is 17.3 Å². The molecule has 122 valence electrons. The minimum Gasteiger partial charge on any atom is -0.481 e. The molecule has 2 aliphatic rings. The largest absolute Gasteiger partial charge is 0.481 e. The summed E-state index contributed by atoms with van der Waals surface area (Å²) in [6.07, 6.45) is 9.86. The fraction of sp³-hybridized carbons (Fsp3) is 0.650. The van der Waals surface area contributed by atoms with Gasteiger partial charge in [-0.2, -0.15) is 0 Å². The Morgan fingerprint density at radius 3 is 2.73 bits per heavy atom. The number of allylic oxidation sites excluding steroid dienone is 4. The Labute approximate surface area is 135 Å². The Bertz CT molecular complexity index is 516. The summed E-state index contributed by atoms with van der Waals surface area (Å²) in [5.74, 6) is 0.202. The van der Waals surface area contributed by atoms with E-state index in [4.69, 9.17) is 5.11 Å². The van der Waals surface area contributed by atoms with Crippen molar-refractivity contribution in [3.63, 3.8) is 0 Å². The molecule has 2 rings (SSSR count). The van der Waals surface area contributed by atoms with Crippen molar-refractivity contribution in [2.24, 2.45) is 22.7 Å². The normalized spacial score (nSPS) is 37.9. The Balaban J connectivity index is 2.32. The van der Waals surface area contributed by atoms with Crippen molar-refractivity contribution in [3.05, 3.63) is 36.5 Å². The van der Waals surface area contributed by atoms with Gasteiger partial charge in [-0.1, -0.05) is 43.7 Å². The SMILES string of the molecule is C=C[C@@]1(C)CC[C@H]2C(=CCC(C(=C)C)C2(C)CCC(=O)O)C1. The molecule has 2 nitrogen and oxygen atoms in total. The second-order valence-corrected chi connectivity index (χ2v) is 7.94. The Kier molecular flexibility index (Phi) is 4.70. The third kappa shape index (κ3) is 3.06. The highest BCUT2D eigenvalue weighted by Crippen LogP contribution is 2.58. The average Bonchev–Trinajstić information content (AvgIpc) is 2.45. The number of rotatable bonds is 5. The molecule has 4 atom stereocenters. The van der Waals surface area contributed by atoms with Crippen LogP contribution in [-0.4, -0.2) is 11.1 Å². The molecular formula is C20H30O2. The van der Waals surface area contributed by atoms with Crippen LogP contribution in [0.4, 0.5) is 0 Å². The number of fused-ring (bicyclic) bond motifs is 1. The van der Waals surface area contributed by atoms with E-state index in [1.807, 2.05) is 0 Å². The van der Waals surface area contributed by atoms with E-state index in [0.29, 0.717) is 11.8 Å². The highest BCUT2D eigenvalue weighted by atomic mass is 16.4. The molecule has 0 saturated heterocycles. The highest BCUT2D eigenvalue weighted by Gasteiger charge is 2.48. The fourth-order valence-corrected chi connectivity index (χ4v) is 4.75. The van der Waals surface area contributed by atoms with E-state index in [9.17, 15) is 4.79 Å². The number of hydrogen-bond donors (Lipinski definition) is 1. The third-order valence-electron chi connectivity index (χ3n) is 6.23. The maximum absolute atomic E-state index is 11.1. The van der Waals surface area contributed by atoms with Crippen LogP contribution in [0.3, 0.4) is 0 Å². The van der Waals surface area contributed by atoms with Gasteiger partial charge in [-0.15, -0.1) is 6.58 Å². The van der Waals surface area contributed by atoms with Crippen LogP contribution in [0.15, 0.2) is 36.5 Å². The maximum atomic E-state index is 11.1. The third-order valence-corrected chi connectivity index (χ3v) is 6.23. The van der Waals surface area contributed by atoms with Gasteiger partial charge in [-0.05, 0) is 61.7 Å². The predicted molar refractivity (Wildman–Crippen MR) is 91.6 cm³/mol. The van der Waals surface area contributed by atoms with E-state index in [1.165, 1.54) is 11.1 Å². The van der Waals surface area contributed by atoms with Crippen LogP contribution in [0.2, 0.25) is 0 Å². The quantitative estimate of drug-likeness (QED) is 0.693. The minimum atomic E-state index is -0.690. The van der Waals surface area contributed by atoms with Gasteiger partial charge in [0.1, 0.15) is 0 Å². The molecule has 0 aromatic heterocycles. The second-order valence-electron chi connectivity index (χ2n) is 7.94. The Hall–Kier alpha value is -1.31. The Morgan fingerprint density at radius 1 is 1.50 bits per heavy atom. The first-order valence-electron chi connectivity index (χ1n) is 8.41. The van der Waals surface area contributed by atoms with Gasteiger partial charge in [0.05, 0.1) is 0 Å². The summed E-state index contributed by atoms with van der Waals surface area (Å²) in [6, 6.07) is 0. The van der Waals surface area contributed by atoms with Gasteiger partial charge in [0.2, 0.25) is 0 Å². The fourth-order valence-electron chi connectivity index (χ4n) is 4.75. The topological polar surface area (TPSA) is 37.3 Å². The molecule has 0 aromatic carbocycles. The molecule has 0 bridgehead atoms. The molecule has 0 aromatic rings. The van der Waals surface area contributed by atoms with Crippen molar-refractivity contribution >= 4 is 5.97 Å².